The Morgan fingerprint density at radius 3 is 2.67 bits per heavy atom. The molecular formula is C11H8Cl2N4O. The third kappa shape index (κ3) is 2.88. The summed E-state index contributed by atoms with van der Waals surface area (Å²) in [5.41, 5.74) is 6.61. The van der Waals surface area contributed by atoms with Crippen molar-refractivity contribution in [3.8, 4) is 0 Å². The van der Waals surface area contributed by atoms with Crippen molar-refractivity contribution in [2.45, 2.75) is 0 Å². The summed E-state index contributed by atoms with van der Waals surface area (Å²) in [5.74, 6) is -0.413. The fourth-order valence-electron chi connectivity index (χ4n) is 1.27. The molecule has 18 heavy (non-hydrogen) atoms. The van der Waals surface area contributed by atoms with Crippen LogP contribution < -0.4 is 11.1 Å². The van der Waals surface area contributed by atoms with Gasteiger partial charge in [0.25, 0.3) is 5.91 Å². The van der Waals surface area contributed by atoms with Gasteiger partial charge in [0, 0.05) is 0 Å². The van der Waals surface area contributed by atoms with Gasteiger partial charge in [-0.1, -0.05) is 23.2 Å². The molecule has 0 radical (unpaired) electrons. The zero-order valence-corrected chi connectivity index (χ0v) is 10.5. The van der Waals surface area contributed by atoms with Gasteiger partial charge in [-0.2, -0.15) is 0 Å². The summed E-state index contributed by atoms with van der Waals surface area (Å²) >= 11 is 11.5. The fourth-order valence-corrected chi connectivity index (χ4v) is 1.57. The molecule has 92 valence electrons. The Bertz CT molecular complexity index is 586. The fraction of sp³-hybridized carbons (Fsp3) is 0. The van der Waals surface area contributed by atoms with E-state index in [1.807, 2.05) is 0 Å². The summed E-state index contributed by atoms with van der Waals surface area (Å²) in [6.45, 7) is 0. The highest BCUT2D eigenvalue weighted by Gasteiger charge is 2.12. The number of rotatable bonds is 2. The molecular weight excluding hydrogens is 275 g/mol. The summed E-state index contributed by atoms with van der Waals surface area (Å²) in [6.07, 6.45) is 2.82. The van der Waals surface area contributed by atoms with Crippen molar-refractivity contribution in [2.24, 2.45) is 0 Å². The van der Waals surface area contributed by atoms with E-state index in [4.69, 9.17) is 28.9 Å². The average Bonchev–Trinajstić information content (AvgIpc) is 2.35. The SMILES string of the molecule is Nc1cnc(Cl)c(C(=O)Nc2ccc(Cl)nc2)c1. The van der Waals surface area contributed by atoms with E-state index in [0.717, 1.165) is 0 Å². The lowest BCUT2D eigenvalue weighted by Gasteiger charge is -2.06. The minimum atomic E-state index is -0.413. The number of pyridine rings is 2. The molecule has 0 aromatic carbocycles. The maximum atomic E-state index is 11.9. The molecule has 0 aliphatic rings. The highest BCUT2D eigenvalue weighted by Crippen LogP contribution is 2.18. The van der Waals surface area contributed by atoms with Crippen LogP contribution in [0.3, 0.4) is 0 Å². The van der Waals surface area contributed by atoms with Crippen LogP contribution in [0.1, 0.15) is 10.4 Å². The quantitative estimate of drug-likeness (QED) is 0.830. The molecule has 0 spiro atoms. The molecule has 0 unspecified atom stereocenters. The van der Waals surface area contributed by atoms with Crippen LogP contribution in [0.2, 0.25) is 10.3 Å². The van der Waals surface area contributed by atoms with Crippen molar-refractivity contribution in [1.82, 2.24) is 9.97 Å². The van der Waals surface area contributed by atoms with Gasteiger partial charge in [0.15, 0.2) is 0 Å². The Kier molecular flexibility index (Phi) is 3.64. The summed E-state index contributed by atoms with van der Waals surface area (Å²) in [4.78, 5) is 19.6. The normalized spacial score (nSPS) is 10.1. The number of anilines is 2. The number of carbonyl (C=O) groups is 1. The number of nitrogens with two attached hydrogens (primary N) is 1. The van der Waals surface area contributed by atoms with Crippen LogP contribution in [0.15, 0.2) is 30.6 Å². The first-order valence-corrected chi connectivity index (χ1v) is 5.66. The zero-order valence-electron chi connectivity index (χ0n) is 9.02. The standard InChI is InChI=1S/C11H8Cl2N4O/c12-9-2-1-7(5-15-9)17-11(18)8-3-6(14)4-16-10(8)13/h1-5H,14H2,(H,17,18). The van der Waals surface area contributed by atoms with E-state index in [1.165, 1.54) is 18.5 Å². The van der Waals surface area contributed by atoms with Crippen LogP contribution in [0, 0.1) is 0 Å². The van der Waals surface area contributed by atoms with Gasteiger partial charge in [0.1, 0.15) is 10.3 Å². The number of nitrogens with one attached hydrogen (secondary N) is 1. The Balaban J connectivity index is 2.21. The second-order valence-corrected chi connectivity index (χ2v) is 4.18. The zero-order chi connectivity index (χ0) is 13.1. The van der Waals surface area contributed by atoms with Gasteiger partial charge < -0.3 is 11.1 Å². The minimum Gasteiger partial charge on any atom is -0.397 e. The maximum absolute atomic E-state index is 11.9. The molecule has 2 heterocycles. The number of aromatic nitrogens is 2. The maximum Gasteiger partial charge on any atom is 0.258 e. The molecule has 0 aliphatic heterocycles. The minimum absolute atomic E-state index is 0.0867. The van der Waals surface area contributed by atoms with E-state index in [9.17, 15) is 4.79 Å². The van der Waals surface area contributed by atoms with Crippen LogP contribution in [-0.2, 0) is 0 Å². The summed E-state index contributed by atoms with van der Waals surface area (Å²) in [7, 11) is 0. The third-order valence-electron chi connectivity index (χ3n) is 2.09. The van der Waals surface area contributed by atoms with Crippen molar-refractivity contribution < 1.29 is 4.79 Å². The van der Waals surface area contributed by atoms with Crippen LogP contribution in [-0.4, -0.2) is 15.9 Å². The van der Waals surface area contributed by atoms with Gasteiger partial charge in [-0.05, 0) is 18.2 Å². The third-order valence-corrected chi connectivity index (χ3v) is 2.61. The van der Waals surface area contributed by atoms with Crippen molar-refractivity contribution in [1.29, 1.82) is 0 Å². The second-order valence-electron chi connectivity index (χ2n) is 3.43. The van der Waals surface area contributed by atoms with Crippen molar-refractivity contribution in [3.05, 3.63) is 46.5 Å². The molecule has 7 heteroatoms. The Labute approximate surface area is 113 Å². The van der Waals surface area contributed by atoms with Gasteiger partial charge in [-0.15, -0.1) is 0 Å². The van der Waals surface area contributed by atoms with E-state index in [0.29, 0.717) is 16.5 Å². The molecule has 0 atom stereocenters. The van der Waals surface area contributed by atoms with Crippen LogP contribution in [0.5, 0.6) is 0 Å². The molecule has 0 aliphatic carbocycles. The number of hydrogen-bond acceptors (Lipinski definition) is 4. The molecule has 1 amide bonds. The lowest BCUT2D eigenvalue weighted by Crippen LogP contribution is -2.13. The second kappa shape index (κ2) is 5.20. The molecule has 2 aromatic heterocycles. The summed E-state index contributed by atoms with van der Waals surface area (Å²) in [5, 5.41) is 3.04. The largest absolute Gasteiger partial charge is 0.397 e. The Morgan fingerprint density at radius 2 is 2.00 bits per heavy atom. The number of halogens is 2. The van der Waals surface area contributed by atoms with Crippen LogP contribution in [0.4, 0.5) is 11.4 Å². The lowest BCUT2D eigenvalue weighted by molar-refractivity contribution is 0.102. The molecule has 3 N–H and O–H groups in total. The molecule has 5 nitrogen and oxygen atoms in total. The summed E-state index contributed by atoms with van der Waals surface area (Å²) in [6, 6.07) is 4.64. The highest BCUT2D eigenvalue weighted by molar-refractivity contribution is 6.33. The summed E-state index contributed by atoms with van der Waals surface area (Å²) < 4.78 is 0. The van der Waals surface area contributed by atoms with Crippen LogP contribution >= 0.6 is 23.2 Å². The topological polar surface area (TPSA) is 80.9 Å². The van der Waals surface area contributed by atoms with E-state index >= 15 is 0 Å². The molecule has 0 fully saturated rings. The van der Waals surface area contributed by atoms with Gasteiger partial charge in [-0.3, -0.25) is 4.79 Å². The van der Waals surface area contributed by atoms with Gasteiger partial charge in [0.05, 0.1) is 29.3 Å². The number of nitrogens with zero attached hydrogens (tertiary/aromatic N) is 2. The first kappa shape index (κ1) is 12.6. The first-order valence-electron chi connectivity index (χ1n) is 4.90. The number of amides is 1. The average molecular weight is 283 g/mol. The van der Waals surface area contributed by atoms with E-state index in [1.54, 1.807) is 12.1 Å². The first-order chi connectivity index (χ1) is 8.56. The van der Waals surface area contributed by atoms with Crippen molar-refractivity contribution >= 4 is 40.5 Å². The smallest absolute Gasteiger partial charge is 0.258 e. The molecule has 2 aromatic rings. The predicted molar refractivity (Wildman–Crippen MR) is 70.9 cm³/mol. The van der Waals surface area contributed by atoms with Gasteiger partial charge >= 0.3 is 0 Å². The highest BCUT2D eigenvalue weighted by atomic mass is 35.5. The predicted octanol–water partition coefficient (Wildman–Crippen LogP) is 2.62. The molecule has 0 saturated carbocycles. The Morgan fingerprint density at radius 1 is 1.22 bits per heavy atom. The van der Waals surface area contributed by atoms with Gasteiger partial charge in [-0.25, -0.2) is 9.97 Å². The van der Waals surface area contributed by atoms with E-state index in [2.05, 4.69) is 15.3 Å². The number of carbonyl (C=O) groups excluding carboxylic acids is 1. The number of nitrogen functional groups attached to an aromatic ring is 1. The molecule has 0 bridgehead atoms. The van der Waals surface area contributed by atoms with E-state index < -0.39 is 5.91 Å². The monoisotopic (exact) mass is 282 g/mol. The number of hydrogen-bond donors (Lipinski definition) is 2. The van der Waals surface area contributed by atoms with Gasteiger partial charge in [0.2, 0.25) is 0 Å². The van der Waals surface area contributed by atoms with Crippen molar-refractivity contribution in [3.63, 3.8) is 0 Å². The lowest BCUT2D eigenvalue weighted by atomic mass is 10.2. The van der Waals surface area contributed by atoms with E-state index in [-0.39, 0.29) is 10.7 Å². The van der Waals surface area contributed by atoms with Crippen molar-refractivity contribution in [2.75, 3.05) is 11.1 Å². The molecule has 2 rings (SSSR count). The Hall–Kier alpha value is -1.85. The van der Waals surface area contributed by atoms with Crippen LogP contribution in [0.25, 0.3) is 0 Å². The molecule has 0 saturated heterocycles.